The van der Waals surface area contributed by atoms with E-state index in [0.29, 0.717) is 11.3 Å². The quantitative estimate of drug-likeness (QED) is 0.215. The summed E-state index contributed by atoms with van der Waals surface area (Å²) in [5, 5.41) is 12.3. The lowest BCUT2D eigenvalue weighted by atomic mass is 10.2. The molecule has 0 bridgehead atoms. The number of amidine groups is 1. The molecule has 1 aliphatic heterocycles. The Kier molecular flexibility index (Phi) is 7.96. The molecule has 1 aliphatic rings. The third-order valence-electron chi connectivity index (χ3n) is 5.12. The number of aliphatic imine (C=N–C) groups is 1. The second-order valence-corrected chi connectivity index (χ2v) is 10.1. The highest BCUT2D eigenvalue weighted by atomic mass is 127. The summed E-state index contributed by atoms with van der Waals surface area (Å²) >= 11 is 2.14. The first-order chi connectivity index (χ1) is 16.4. The number of amides is 2. The molecule has 0 radical (unpaired) electrons. The molecular formula is C25H26IN3O6. The van der Waals surface area contributed by atoms with Gasteiger partial charge in [0.15, 0.2) is 0 Å². The molecule has 0 saturated carbocycles. The smallest absolute Gasteiger partial charge is 0.410 e. The number of ether oxygens (including phenoxy) is 2. The summed E-state index contributed by atoms with van der Waals surface area (Å²) in [6, 6.07) is 13.0. The number of hydrogen-bond acceptors (Lipinski definition) is 7. The summed E-state index contributed by atoms with van der Waals surface area (Å²) in [4.78, 5) is 42.5. The van der Waals surface area contributed by atoms with Gasteiger partial charge in [-0.15, -0.1) is 0 Å². The molecule has 0 aromatic heterocycles. The number of benzene rings is 2. The van der Waals surface area contributed by atoms with Gasteiger partial charge in [-0.05, 0) is 79.8 Å². The minimum absolute atomic E-state index is 0.167. The van der Waals surface area contributed by atoms with Crippen LogP contribution in [0, 0.1) is 3.57 Å². The number of quaternary nitrogens is 1. The Hall–Kier alpha value is -3.25. The Bertz CT molecular complexity index is 1170. The van der Waals surface area contributed by atoms with E-state index in [2.05, 4.69) is 27.6 Å². The molecule has 2 aromatic carbocycles. The van der Waals surface area contributed by atoms with Gasteiger partial charge in [0.05, 0.1) is 18.2 Å². The molecule has 1 unspecified atom stereocenters. The van der Waals surface area contributed by atoms with Crippen molar-refractivity contribution in [3.05, 3.63) is 70.1 Å². The Morgan fingerprint density at radius 1 is 1.06 bits per heavy atom. The average molecular weight is 591 g/mol. The van der Waals surface area contributed by atoms with E-state index in [1.165, 1.54) is 41.6 Å². The van der Waals surface area contributed by atoms with Gasteiger partial charge < -0.3 is 24.3 Å². The van der Waals surface area contributed by atoms with Gasteiger partial charge in [0.2, 0.25) is 5.84 Å². The monoisotopic (exact) mass is 591 g/mol. The number of esters is 1. The second kappa shape index (κ2) is 10.6. The summed E-state index contributed by atoms with van der Waals surface area (Å²) in [6.07, 6.45) is 1.03. The first kappa shape index (κ1) is 26.4. The van der Waals surface area contributed by atoms with Gasteiger partial charge in [-0.1, -0.05) is 0 Å². The van der Waals surface area contributed by atoms with Crippen LogP contribution >= 0.6 is 22.6 Å². The van der Waals surface area contributed by atoms with Crippen LogP contribution in [-0.4, -0.2) is 48.1 Å². The highest BCUT2D eigenvalue weighted by Crippen LogP contribution is 2.31. The maximum Gasteiger partial charge on any atom is 0.410 e. The van der Waals surface area contributed by atoms with E-state index in [1.807, 2.05) is 0 Å². The predicted molar refractivity (Wildman–Crippen MR) is 138 cm³/mol. The van der Waals surface area contributed by atoms with Crippen LogP contribution in [0.5, 0.6) is 5.75 Å². The van der Waals surface area contributed by atoms with Crippen LogP contribution in [-0.2, 0) is 4.74 Å². The second-order valence-electron chi connectivity index (χ2n) is 8.87. The first-order valence-electron chi connectivity index (χ1n) is 10.8. The predicted octanol–water partition coefficient (Wildman–Crippen LogP) is 4.30. The molecule has 9 nitrogen and oxygen atoms in total. The lowest BCUT2D eigenvalue weighted by Gasteiger charge is -2.32. The largest absolute Gasteiger partial charge is 0.497 e. The number of nitrogens with zero attached hydrogens (tertiary/aromatic N) is 3. The summed E-state index contributed by atoms with van der Waals surface area (Å²) in [6.45, 7) is 5.49. The third-order valence-corrected chi connectivity index (χ3v) is 5.84. The maximum atomic E-state index is 12.4. The van der Waals surface area contributed by atoms with Crippen molar-refractivity contribution >= 4 is 52.3 Å². The van der Waals surface area contributed by atoms with Gasteiger partial charge in [0, 0.05) is 29.3 Å². The topological polar surface area (TPSA) is 108 Å². The van der Waals surface area contributed by atoms with E-state index < -0.39 is 28.2 Å². The molecule has 1 heterocycles. The minimum atomic E-state index is -1.40. The number of carboxylic acid groups (broad SMARTS) is 1. The van der Waals surface area contributed by atoms with Crippen molar-refractivity contribution in [2.24, 2.45) is 4.99 Å². The highest BCUT2D eigenvalue weighted by Gasteiger charge is 2.41. The Morgan fingerprint density at radius 2 is 1.69 bits per heavy atom. The van der Waals surface area contributed by atoms with Gasteiger partial charge in [-0.3, -0.25) is 0 Å². The molecule has 35 heavy (non-hydrogen) atoms. The fourth-order valence-electron chi connectivity index (χ4n) is 3.34. The molecule has 0 aliphatic carbocycles. The van der Waals surface area contributed by atoms with E-state index in [9.17, 15) is 19.5 Å². The molecule has 0 fully saturated rings. The van der Waals surface area contributed by atoms with Gasteiger partial charge >= 0.3 is 12.1 Å². The number of rotatable bonds is 6. The summed E-state index contributed by atoms with van der Waals surface area (Å²) in [5.74, 6) is 0.00983. The summed E-state index contributed by atoms with van der Waals surface area (Å²) < 4.78 is 11.0. The van der Waals surface area contributed by atoms with E-state index in [1.54, 1.807) is 52.1 Å². The van der Waals surface area contributed by atoms with Crippen LogP contribution in [0.3, 0.4) is 0 Å². The van der Waals surface area contributed by atoms with E-state index >= 15 is 0 Å². The first-order valence-corrected chi connectivity index (χ1v) is 11.9. The van der Waals surface area contributed by atoms with Crippen molar-refractivity contribution in [3.63, 3.8) is 0 Å². The van der Waals surface area contributed by atoms with Gasteiger partial charge in [0.25, 0.3) is 6.09 Å². The molecule has 0 saturated heterocycles. The van der Waals surface area contributed by atoms with Crippen molar-refractivity contribution in [2.45, 2.75) is 32.8 Å². The zero-order valence-corrected chi connectivity index (χ0v) is 22.0. The SMILES string of the molecule is CN(CCC1=NC=C[N+]1(C(=O)[O-])c1ccc(OC(=O)c2ccc(I)cc2)cc1)C(=O)OC(C)(C)C. The summed E-state index contributed by atoms with van der Waals surface area (Å²) in [5.41, 5.74) is 0.0950. The van der Waals surface area contributed by atoms with E-state index in [-0.39, 0.29) is 24.6 Å². The van der Waals surface area contributed by atoms with Gasteiger partial charge in [-0.25, -0.2) is 14.6 Å². The van der Waals surface area contributed by atoms with Crippen LogP contribution in [0.1, 0.15) is 37.6 Å². The Morgan fingerprint density at radius 3 is 2.26 bits per heavy atom. The Balaban J connectivity index is 1.74. The molecule has 3 rings (SSSR count). The molecule has 0 spiro atoms. The minimum Gasteiger partial charge on any atom is -0.497 e. The molecule has 0 N–H and O–H groups in total. The van der Waals surface area contributed by atoms with Crippen LogP contribution in [0.25, 0.3) is 0 Å². The molecule has 2 amide bonds. The van der Waals surface area contributed by atoms with E-state index in [4.69, 9.17) is 9.47 Å². The van der Waals surface area contributed by atoms with Crippen LogP contribution in [0.4, 0.5) is 15.3 Å². The lowest BCUT2D eigenvalue weighted by Crippen LogP contribution is -2.59. The van der Waals surface area contributed by atoms with E-state index in [0.717, 1.165) is 3.57 Å². The molecular weight excluding hydrogens is 565 g/mol. The van der Waals surface area contributed by atoms with Crippen molar-refractivity contribution < 1.29 is 29.0 Å². The zero-order valence-electron chi connectivity index (χ0n) is 19.9. The molecule has 2 aromatic rings. The number of hydrogen-bond donors (Lipinski definition) is 0. The Labute approximate surface area is 217 Å². The summed E-state index contributed by atoms with van der Waals surface area (Å²) in [7, 11) is 1.57. The zero-order chi connectivity index (χ0) is 25.8. The van der Waals surface area contributed by atoms with Crippen molar-refractivity contribution in [3.8, 4) is 5.75 Å². The number of carbonyl (C=O) groups is 3. The van der Waals surface area contributed by atoms with Crippen LogP contribution in [0.2, 0.25) is 0 Å². The fraction of sp³-hybridized carbons (Fsp3) is 0.280. The number of halogens is 1. The maximum absolute atomic E-state index is 12.4. The number of carbonyl (C=O) groups excluding carboxylic acids is 3. The average Bonchev–Trinajstić information content (AvgIpc) is 3.22. The van der Waals surface area contributed by atoms with Crippen molar-refractivity contribution in [1.82, 2.24) is 9.38 Å². The highest BCUT2D eigenvalue weighted by molar-refractivity contribution is 14.1. The van der Waals surface area contributed by atoms with Gasteiger partial charge in [-0.2, -0.15) is 4.48 Å². The molecule has 184 valence electrons. The molecule has 10 heteroatoms. The fourth-order valence-corrected chi connectivity index (χ4v) is 3.70. The lowest BCUT2D eigenvalue weighted by molar-refractivity contribution is -0.257. The standard InChI is InChI=1S/C25H26IN3O6/c1-25(2,3)35-23(31)28(4)15-13-21-27-14-16-29(21,24(32)33)19-9-11-20(12-10-19)34-22(30)17-5-7-18(26)8-6-17/h5-12,14,16H,13,15H2,1-4H3. The molecule has 1 atom stereocenters. The van der Waals surface area contributed by atoms with Crippen molar-refractivity contribution in [2.75, 3.05) is 13.6 Å². The van der Waals surface area contributed by atoms with Crippen molar-refractivity contribution in [1.29, 1.82) is 0 Å². The van der Waals surface area contributed by atoms with Crippen LogP contribution in [0.15, 0.2) is 65.9 Å². The third kappa shape index (κ3) is 6.25. The van der Waals surface area contributed by atoms with Gasteiger partial charge in [0.1, 0.15) is 23.2 Å². The van der Waals surface area contributed by atoms with Crippen LogP contribution < -0.4 is 14.3 Å². The normalized spacial score (nSPS) is 17.0.